The minimum Gasteiger partial charge on any atom is -0.422 e. The molecule has 1 heterocycles. The van der Waals surface area contributed by atoms with Gasteiger partial charge in [-0.15, -0.1) is 0 Å². The molecule has 0 aliphatic carbocycles. The van der Waals surface area contributed by atoms with Gasteiger partial charge >= 0.3 is 5.97 Å². The van der Waals surface area contributed by atoms with Crippen LogP contribution in [0, 0.1) is 11.6 Å². The minimum atomic E-state index is -0.648. The predicted octanol–water partition coefficient (Wildman–Crippen LogP) is 4.05. The monoisotopic (exact) mass is 340 g/mol. The van der Waals surface area contributed by atoms with Crippen LogP contribution in [-0.2, 0) is 11.8 Å². The second-order valence-corrected chi connectivity index (χ2v) is 5.31. The summed E-state index contributed by atoms with van der Waals surface area (Å²) in [5.74, 6) is -0.719. The molecule has 3 rings (SSSR count). The second-order valence-electron chi connectivity index (χ2n) is 5.31. The Labute approximate surface area is 143 Å². The van der Waals surface area contributed by atoms with Crippen LogP contribution in [0.25, 0.3) is 11.8 Å². The third kappa shape index (κ3) is 3.98. The lowest BCUT2D eigenvalue weighted by molar-refractivity contribution is 0.0693. The van der Waals surface area contributed by atoms with Crippen LogP contribution in [0.5, 0.6) is 0 Å². The van der Waals surface area contributed by atoms with Gasteiger partial charge in [0.05, 0.1) is 5.56 Å². The van der Waals surface area contributed by atoms with Crippen molar-refractivity contribution in [2.45, 2.75) is 0 Å². The summed E-state index contributed by atoms with van der Waals surface area (Å²) < 4.78 is 33.4. The number of rotatable bonds is 4. The lowest BCUT2D eigenvalue weighted by Crippen LogP contribution is -2.05. The number of aryl methyl sites for hydroxylation is 1. The molecule has 25 heavy (non-hydrogen) atoms. The fraction of sp³-hybridized carbons (Fsp3) is 0.0526. The molecular weight excluding hydrogens is 326 g/mol. The third-order valence-electron chi connectivity index (χ3n) is 3.53. The van der Waals surface area contributed by atoms with E-state index in [2.05, 4.69) is 4.98 Å². The summed E-state index contributed by atoms with van der Waals surface area (Å²) in [4.78, 5) is 16.5. The molecule has 4 nitrogen and oxygen atoms in total. The van der Waals surface area contributed by atoms with Gasteiger partial charge < -0.3 is 9.30 Å². The largest absolute Gasteiger partial charge is 0.422 e. The Kier molecular flexibility index (Phi) is 4.70. The number of nitrogens with zero attached hydrogens (tertiary/aromatic N) is 2. The smallest absolute Gasteiger partial charge is 0.343 e. The van der Waals surface area contributed by atoms with E-state index in [-0.39, 0.29) is 11.3 Å². The van der Waals surface area contributed by atoms with Gasteiger partial charge in [0.25, 0.3) is 0 Å². The number of imidazole rings is 1. The molecule has 0 unspecified atom stereocenters. The van der Waals surface area contributed by atoms with Crippen molar-refractivity contribution in [1.82, 2.24) is 9.55 Å². The molecule has 126 valence electrons. The van der Waals surface area contributed by atoms with Gasteiger partial charge in [0.15, 0.2) is 0 Å². The number of aromatic nitrogens is 2. The summed E-state index contributed by atoms with van der Waals surface area (Å²) in [6.07, 6.45) is 4.93. The van der Waals surface area contributed by atoms with Crippen LogP contribution in [-0.4, -0.2) is 15.5 Å². The van der Waals surface area contributed by atoms with E-state index < -0.39 is 17.6 Å². The zero-order chi connectivity index (χ0) is 17.8. The van der Waals surface area contributed by atoms with Gasteiger partial charge in [-0.3, -0.25) is 0 Å². The first kappa shape index (κ1) is 16.6. The lowest BCUT2D eigenvalue weighted by atomic mass is 10.1. The molecule has 3 aromatic rings. The van der Waals surface area contributed by atoms with E-state index in [0.717, 1.165) is 0 Å². The third-order valence-corrected chi connectivity index (χ3v) is 3.53. The Morgan fingerprint density at radius 1 is 1.00 bits per heavy atom. The average molecular weight is 340 g/mol. The van der Waals surface area contributed by atoms with E-state index in [1.54, 1.807) is 30.1 Å². The van der Waals surface area contributed by atoms with Gasteiger partial charge in [-0.25, -0.2) is 18.6 Å². The Bertz CT molecular complexity index is 913. The van der Waals surface area contributed by atoms with E-state index in [0.29, 0.717) is 11.4 Å². The molecule has 0 spiro atoms. The maximum Gasteiger partial charge on any atom is 0.343 e. The molecule has 0 saturated carbocycles. The van der Waals surface area contributed by atoms with Crippen molar-refractivity contribution in [2.75, 3.05) is 0 Å². The van der Waals surface area contributed by atoms with Crippen molar-refractivity contribution in [3.8, 4) is 0 Å². The van der Waals surface area contributed by atoms with Crippen molar-refractivity contribution in [1.29, 1.82) is 0 Å². The summed E-state index contributed by atoms with van der Waals surface area (Å²) in [6.45, 7) is 0. The number of carbonyl (C=O) groups is 1. The zero-order valence-corrected chi connectivity index (χ0v) is 13.3. The van der Waals surface area contributed by atoms with Crippen LogP contribution in [0.2, 0.25) is 0 Å². The van der Waals surface area contributed by atoms with Crippen molar-refractivity contribution < 1.29 is 18.3 Å². The first-order valence-electron chi connectivity index (χ1n) is 7.45. The van der Waals surface area contributed by atoms with Crippen LogP contribution in [0.3, 0.4) is 0 Å². The SMILES string of the molecule is Cn1ccnc1C=C(OC(=O)c1ccc(F)cc1)c1ccc(F)cc1. The van der Waals surface area contributed by atoms with Crippen molar-refractivity contribution in [3.05, 3.63) is 89.5 Å². The van der Waals surface area contributed by atoms with Crippen molar-refractivity contribution in [3.63, 3.8) is 0 Å². The van der Waals surface area contributed by atoms with Gasteiger partial charge in [-0.05, 0) is 48.5 Å². The first-order valence-corrected chi connectivity index (χ1v) is 7.45. The normalized spacial score (nSPS) is 11.4. The number of carbonyl (C=O) groups excluding carboxylic acids is 1. The predicted molar refractivity (Wildman–Crippen MR) is 89.3 cm³/mol. The van der Waals surface area contributed by atoms with Crippen LogP contribution in [0.1, 0.15) is 21.7 Å². The minimum absolute atomic E-state index is 0.203. The molecule has 2 aromatic carbocycles. The van der Waals surface area contributed by atoms with Gasteiger partial charge in [0.2, 0.25) is 0 Å². The van der Waals surface area contributed by atoms with E-state index in [1.807, 2.05) is 0 Å². The highest BCUT2D eigenvalue weighted by Gasteiger charge is 2.14. The summed E-state index contributed by atoms with van der Waals surface area (Å²) in [5, 5.41) is 0. The molecule has 0 N–H and O–H groups in total. The van der Waals surface area contributed by atoms with Crippen LogP contribution in [0.4, 0.5) is 8.78 Å². The van der Waals surface area contributed by atoms with E-state index >= 15 is 0 Å². The molecular formula is C19H14F2N2O2. The van der Waals surface area contributed by atoms with Gasteiger partial charge in [0.1, 0.15) is 23.2 Å². The van der Waals surface area contributed by atoms with E-state index in [9.17, 15) is 13.6 Å². The molecule has 0 aliphatic rings. The van der Waals surface area contributed by atoms with E-state index in [4.69, 9.17) is 4.74 Å². The number of hydrogen-bond donors (Lipinski definition) is 0. The van der Waals surface area contributed by atoms with Crippen LogP contribution in [0.15, 0.2) is 60.9 Å². The quantitative estimate of drug-likeness (QED) is 0.531. The Balaban J connectivity index is 1.95. The maximum absolute atomic E-state index is 13.2. The fourth-order valence-corrected chi connectivity index (χ4v) is 2.16. The molecule has 0 fully saturated rings. The molecule has 0 aliphatic heterocycles. The molecule has 0 amide bonds. The van der Waals surface area contributed by atoms with Crippen molar-refractivity contribution >= 4 is 17.8 Å². The van der Waals surface area contributed by atoms with Crippen LogP contribution >= 0.6 is 0 Å². The maximum atomic E-state index is 13.2. The summed E-state index contributed by atoms with van der Waals surface area (Å²) in [7, 11) is 1.79. The van der Waals surface area contributed by atoms with E-state index in [1.165, 1.54) is 48.5 Å². The molecule has 0 atom stereocenters. The highest BCUT2D eigenvalue weighted by Crippen LogP contribution is 2.21. The fourth-order valence-electron chi connectivity index (χ4n) is 2.16. The Morgan fingerprint density at radius 3 is 2.08 bits per heavy atom. The standard InChI is InChI=1S/C19H14F2N2O2/c1-23-11-10-22-18(23)12-17(13-2-6-15(20)7-3-13)25-19(24)14-4-8-16(21)9-5-14/h2-12H,1H3. The Morgan fingerprint density at radius 2 is 1.56 bits per heavy atom. The highest BCUT2D eigenvalue weighted by atomic mass is 19.1. The number of ether oxygens (including phenoxy) is 1. The molecule has 0 saturated heterocycles. The number of halogens is 2. The summed E-state index contributed by atoms with van der Waals surface area (Å²) in [6, 6.07) is 10.6. The summed E-state index contributed by atoms with van der Waals surface area (Å²) >= 11 is 0. The lowest BCUT2D eigenvalue weighted by Gasteiger charge is -2.10. The second kappa shape index (κ2) is 7.09. The molecule has 1 aromatic heterocycles. The van der Waals surface area contributed by atoms with Crippen LogP contribution < -0.4 is 0 Å². The highest BCUT2D eigenvalue weighted by molar-refractivity contribution is 5.95. The summed E-state index contributed by atoms with van der Waals surface area (Å²) in [5.41, 5.74) is 0.717. The van der Waals surface area contributed by atoms with Gasteiger partial charge in [0, 0.05) is 31.1 Å². The van der Waals surface area contributed by atoms with Gasteiger partial charge in [-0.2, -0.15) is 0 Å². The average Bonchev–Trinajstić information content (AvgIpc) is 3.00. The van der Waals surface area contributed by atoms with Gasteiger partial charge in [-0.1, -0.05) is 0 Å². The number of hydrogen-bond acceptors (Lipinski definition) is 3. The van der Waals surface area contributed by atoms with Crippen molar-refractivity contribution in [2.24, 2.45) is 7.05 Å². The topological polar surface area (TPSA) is 44.1 Å². The zero-order valence-electron chi connectivity index (χ0n) is 13.3. The molecule has 0 bridgehead atoms. The molecule has 6 heteroatoms. The number of benzene rings is 2. The number of esters is 1. The Hall–Kier alpha value is -3.28. The first-order chi connectivity index (χ1) is 12.0. The molecule has 0 radical (unpaired) electrons.